The molecule has 1 aliphatic rings. The summed E-state index contributed by atoms with van der Waals surface area (Å²) in [6.45, 7) is 4.26. The van der Waals surface area contributed by atoms with Gasteiger partial charge in [0, 0.05) is 0 Å². The first-order valence-electron chi connectivity index (χ1n) is 3.51. The molecule has 1 heterocycles. The van der Waals surface area contributed by atoms with Crippen LogP contribution in [0, 0.1) is 0 Å². The van der Waals surface area contributed by atoms with Gasteiger partial charge in [-0.3, -0.25) is 0 Å². The van der Waals surface area contributed by atoms with E-state index in [1.165, 1.54) is 0 Å². The van der Waals surface area contributed by atoms with Crippen LogP contribution < -0.4 is 0 Å². The summed E-state index contributed by atoms with van der Waals surface area (Å²) >= 11 is 1.88. The van der Waals surface area contributed by atoms with E-state index in [9.17, 15) is 4.21 Å². The third-order valence-corrected chi connectivity index (χ3v) is 8.33. The summed E-state index contributed by atoms with van der Waals surface area (Å²) in [6.07, 6.45) is 2.18. The molecule has 1 aliphatic heterocycles. The minimum absolute atomic E-state index is 0.398. The van der Waals surface area contributed by atoms with E-state index in [0.717, 1.165) is 12.8 Å². The molecule has 60 valence electrons. The molecule has 0 amide bonds. The van der Waals surface area contributed by atoms with Gasteiger partial charge in [-0.1, -0.05) is 13.8 Å². The molecule has 0 N–H and O–H groups in total. The Labute approximate surface area is 72.6 Å². The average molecular weight is 196 g/mol. The fourth-order valence-electron chi connectivity index (χ4n) is 0.802. The standard InChI is InChI=1S/C6H12OS3/c1-3-5-8-6(4-2)10(7)9-5/h5-6H,3-4H2,1-2H3. The second-order valence-corrected chi connectivity index (χ2v) is 7.59. The van der Waals surface area contributed by atoms with Crippen LogP contribution >= 0.6 is 22.6 Å². The summed E-state index contributed by atoms with van der Waals surface area (Å²) in [4.78, 5) is 0. The summed E-state index contributed by atoms with van der Waals surface area (Å²) in [5, 5.41) is 0. The molecule has 0 radical (unpaired) electrons. The molecule has 0 aromatic carbocycles. The van der Waals surface area contributed by atoms with Crippen molar-refractivity contribution in [3.8, 4) is 0 Å². The zero-order valence-corrected chi connectivity index (χ0v) is 8.65. The summed E-state index contributed by atoms with van der Waals surface area (Å²) in [6, 6.07) is 0. The predicted molar refractivity (Wildman–Crippen MR) is 51.5 cm³/mol. The van der Waals surface area contributed by atoms with Crippen LogP contribution in [0.3, 0.4) is 0 Å². The van der Waals surface area contributed by atoms with Crippen LogP contribution in [0.15, 0.2) is 0 Å². The van der Waals surface area contributed by atoms with E-state index >= 15 is 0 Å². The van der Waals surface area contributed by atoms with E-state index in [2.05, 4.69) is 13.8 Å². The van der Waals surface area contributed by atoms with Gasteiger partial charge in [0.15, 0.2) is 0 Å². The average Bonchev–Trinajstić information content (AvgIpc) is 2.30. The van der Waals surface area contributed by atoms with Crippen molar-refractivity contribution in [3.63, 3.8) is 0 Å². The topological polar surface area (TPSA) is 17.1 Å². The number of thioether (sulfide) groups is 1. The summed E-state index contributed by atoms with van der Waals surface area (Å²) in [7, 11) is 1.02. The smallest absolute Gasteiger partial charge is 0.0947 e. The quantitative estimate of drug-likeness (QED) is 0.632. The van der Waals surface area contributed by atoms with E-state index < -0.39 is 9.83 Å². The van der Waals surface area contributed by atoms with Crippen LogP contribution in [0.25, 0.3) is 0 Å². The molecule has 0 aromatic heterocycles. The minimum Gasteiger partial charge on any atom is -0.247 e. The first-order valence-corrected chi connectivity index (χ1v) is 7.06. The van der Waals surface area contributed by atoms with Crippen molar-refractivity contribution in [3.05, 3.63) is 0 Å². The summed E-state index contributed by atoms with van der Waals surface area (Å²) in [5.74, 6) is 0. The highest BCUT2D eigenvalue weighted by molar-refractivity contribution is 8.76. The van der Waals surface area contributed by atoms with Crippen molar-refractivity contribution >= 4 is 32.4 Å². The first-order chi connectivity index (χ1) is 4.77. The van der Waals surface area contributed by atoms with Gasteiger partial charge in [0.1, 0.15) is 0 Å². The van der Waals surface area contributed by atoms with Gasteiger partial charge in [-0.05, 0) is 23.6 Å². The molecule has 3 atom stereocenters. The summed E-state index contributed by atoms with van der Waals surface area (Å²) < 4.78 is 12.2. The largest absolute Gasteiger partial charge is 0.247 e. The van der Waals surface area contributed by atoms with Gasteiger partial charge >= 0.3 is 0 Å². The summed E-state index contributed by atoms with van der Waals surface area (Å²) in [5.41, 5.74) is 0. The molecule has 0 bridgehead atoms. The number of hydrogen-bond donors (Lipinski definition) is 0. The lowest BCUT2D eigenvalue weighted by Gasteiger charge is -2.01. The highest BCUT2D eigenvalue weighted by Crippen LogP contribution is 2.45. The van der Waals surface area contributed by atoms with Gasteiger partial charge in [-0.2, -0.15) is 0 Å². The van der Waals surface area contributed by atoms with Crippen LogP contribution in [0.1, 0.15) is 26.7 Å². The monoisotopic (exact) mass is 196 g/mol. The highest BCUT2D eigenvalue weighted by Gasteiger charge is 2.30. The SMILES string of the molecule is CCC1SC(CC)S(=O)S1. The predicted octanol–water partition coefficient (Wildman–Crippen LogP) is 2.60. The van der Waals surface area contributed by atoms with Crippen molar-refractivity contribution in [1.29, 1.82) is 0 Å². The van der Waals surface area contributed by atoms with Crippen LogP contribution in [-0.4, -0.2) is 13.4 Å². The van der Waals surface area contributed by atoms with Gasteiger partial charge < -0.3 is 0 Å². The van der Waals surface area contributed by atoms with Crippen LogP contribution in [-0.2, 0) is 9.83 Å². The van der Waals surface area contributed by atoms with E-state index in [0.29, 0.717) is 9.16 Å². The Morgan fingerprint density at radius 2 is 2.10 bits per heavy atom. The molecule has 1 fully saturated rings. The molecule has 4 heteroatoms. The van der Waals surface area contributed by atoms with Gasteiger partial charge in [-0.15, -0.1) is 11.8 Å². The first kappa shape index (κ1) is 8.94. The molecule has 0 aliphatic carbocycles. The van der Waals surface area contributed by atoms with E-state index in [1.54, 1.807) is 10.8 Å². The van der Waals surface area contributed by atoms with Crippen molar-refractivity contribution in [2.24, 2.45) is 0 Å². The zero-order chi connectivity index (χ0) is 7.56. The van der Waals surface area contributed by atoms with Crippen molar-refractivity contribution in [2.75, 3.05) is 0 Å². The number of rotatable bonds is 2. The molecule has 1 saturated heterocycles. The molecule has 10 heavy (non-hydrogen) atoms. The Kier molecular flexibility index (Phi) is 3.60. The second-order valence-electron chi connectivity index (χ2n) is 2.17. The molecule has 1 rings (SSSR count). The molecule has 0 saturated carbocycles. The van der Waals surface area contributed by atoms with Gasteiger partial charge in [0.25, 0.3) is 0 Å². The van der Waals surface area contributed by atoms with Crippen LogP contribution in [0.5, 0.6) is 0 Å². The van der Waals surface area contributed by atoms with Crippen LogP contribution in [0.2, 0.25) is 0 Å². The fourth-order valence-corrected chi connectivity index (χ4v) is 7.57. The Morgan fingerprint density at radius 1 is 1.40 bits per heavy atom. The normalized spacial score (nSPS) is 40.4. The van der Waals surface area contributed by atoms with E-state index in [4.69, 9.17) is 0 Å². The molecular weight excluding hydrogens is 184 g/mol. The maximum Gasteiger partial charge on any atom is 0.0947 e. The lowest BCUT2D eigenvalue weighted by Crippen LogP contribution is -1.98. The number of hydrogen-bond acceptors (Lipinski definition) is 3. The Hall–Kier alpha value is 0.850. The third kappa shape index (κ3) is 1.92. The Balaban J connectivity index is 2.44. The lowest BCUT2D eigenvalue weighted by molar-refractivity contribution is 0.689. The molecule has 0 spiro atoms. The van der Waals surface area contributed by atoms with E-state index in [-0.39, 0.29) is 0 Å². The second kappa shape index (κ2) is 4.02. The minimum atomic E-state index is -0.611. The zero-order valence-electron chi connectivity index (χ0n) is 6.20. The molecule has 0 aromatic rings. The molecular formula is C6H12OS3. The molecule has 3 unspecified atom stereocenters. The van der Waals surface area contributed by atoms with Crippen molar-refractivity contribution < 1.29 is 4.21 Å². The van der Waals surface area contributed by atoms with Crippen molar-refractivity contribution in [1.82, 2.24) is 0 Å². The Bertz CT molecular complexity index is 137. The molecule has 1 nitrogen and oxygen atoms in total. The highest BCUT2D eigenvalue weighted by atomic mass is 33.1. The van der Waals surface area contributed by atoms with Gasteiger partial charge in [0.05, 0.1) is 19.0 Å². The van der Waals surface area contributed by atoms with E-state index in [1.807, 2.05) is 11.8 Å². The lowest BCUT2D eigenvalue weighted by atomic mass is 10.6. The third-order valence-electron chi connectivity index (χ3n) is 1.39. The maximum atomic E-state index is 11.2. The van der Waals surface area contributed by atoms with Gasteiger partial charge in [0.2, 0.25) is 0 Å². The van der Waals surface area contributed by atoms with Crippen molar-refractivity contribution in [2.45, 2.75) is 35.9 Å². The Morgan fingerprint density at radius 3 is 2.40 bits per heavy atom. The fraction of sp³-hybridized carbons (Fsp3) is 1.00. The van der Waals surface area contributed by atoms with Crippen LogP contribution in [0.4, 0.5) is 0 Å². The maximum absolute atomic E-state index is 11.2. The van der Waals surface area contributed by atoms with Gasteiger partial charge in [-0.25, -0.2) is 4.21 Å².